The molecule has 2 aromatic rings. The van der Waals surface area contributed by atoms with Crippen molar-refractivity contribution in [3.63, 3.8) is 0 Å². The summed E-state index contributed by atoms with van der Waals surface area (Å²) in [6.07, 6.45) is 3.07. The Morgan fingerprint density at radius 2 is 2.10 bits per heavy atom. The van der Waals surface area contributed by atoms with Crippen LogP contribution >= 0.6 is 0 Å². The van der Waals surface area contributed by atoms with Crippen molar-refractivity contribution in [1.82, 2.24) is 9.78 Å². The third-order valence-corrected chi connectivity index (χ3v) is 3.49. The maximum Gasteiger partial charge on any atom is 0.142 e. The van der Waals surface area contributed by atoms with Crippen LogP contribution in [-0.2, 0) is 7.05 Å². The van der Waals surface area contributed by atoms with Crippen LogP contribution in [0.1, 0.15) is 43.1 Å². The molecule has 0 fully saturated rings. The van der Waals surface area contributed by atoms with Gasteiger partial charge in [0, 0.05) is 18.8 Å². The number of aryl methyl sites for hydroxylation is 3. The van der Waals surface area contributed by atoms with Crippen molar-refractivity contribution in [3.8, 4) is 5.75 Å². The quantitative estimate of drug-likeness (QED) is 0.873. The summed E-state index contributed by atoms with van der Waals surface area (Å²) in [5, 5.41) is 7.94. The van der Waals surface area contributed by atoms with Gasteiger partial charge in [-0.3, -0.25) is 4.68 Å². The van der Waals surface area contributed by atoms with E-state index in [0.29, 0.717) is 0 Å². The van der Waals surface area contributed by atoms with Gasteiger partial charge in [-0.1, -0.05) is 13.0 Å². The van der Waals surface area contributed by atoms with Gasteiger partial charge in [-0.15, -0.1) is 0 Å². The fraction of sp³-hybridized carbons (Fsp3) is 0.471. The van der Waals surface area contributed by atoms with Crippen molar-refractivity contribution in [2.45, 2.75) is 40.2 Å². The molecular weight excluding hydrogens is 262 g/mol. The van der Waals surface area contributed by atoms with Crippen LogP contribution in [0.3, 0.4) is 0 Å². The zero-order valence-corrected chi connectivity index (χ0v) is 13.6. The summed E-state index contributed by atoms with van der Waals surface area (Å²) >= 11 is 0. The Kier molecular flexibility index (Phi) is 4.89. The first-order valence-corrected chi connectivity index (χ1v) is 7.51. The number of hydrogen-bond acceptors (Lipinski definition) is 3. The molecule has 1 unspecified atom stereocenters. The molecule has 0 aliphatic rings. The minimum absolute atomic E-state index is 0.186. The highest BCUT2D eigenvalue weighted by Crippen LogP contribution is 2.30. The van der Waals surface area contributed by atoms with E-state index in [-0.39, 0.29) is 6.04 Å². The molecule has 1 atom stereocenters. The van der Waals surface area contributed by atoms with Crippen molar-refractivity contribution in [2.75, 3.05) is 11.9 Å². The minimum atomic E-state index is 0.186. The van der Waals surface area contributed by atoms with Crippen LogP contribution in [0.5, 0.6) is 5.75 Å². The second-order valence-corrected chi connectivity index (χ2v) is 5.56. The van der Waals surface area contributed by atoms with E-state index in [1.165, 1.54) is 11.1 Å². The van der Waals surface area contributed by atoms with Crippen LogP contribution in [0.2, 0.25) is 0 Å². The van der Waals surface area contributed by atoms with Gasteiger partial charge < -0.3 is 10.1 Å². The highest BCUT2D eigenvalue weighted by atomic mass is 16.5. The monoisotopic (exact) mass is 287 g/mol. The van der Waals surface area contributed by atoms with Gasteiger partial charge in [0.2, 0.25) is 0 Å². The Balaban J connectivity index is 2.20. The van der Waals surface area contributed by atoms with Crippen LogP contribution in [0, 0.1) is 13.8 Å². The standard InChI is InChI=1S/C17H25N3O/c1-6-9-21-17-10-12(2)7-8-16(17)18-13(3)15-11-20(5)19-14(15)4/h7-8,10-11,13,18H,6,9H2,1-5H3. The summed E-state index contributed by atoms with van der Waals surface area (Å²) in [4.78, 5) is 0. The molecule has 1 N–H and O–H groups in total. The Bertz CT molecular complexity index is 604. The summed E-state index contributed by atoms with van der Waals surface area (Å²) in [5.74, 6) is 0.922. The molecule has 0 spiro atoms. The van der Waals surface area contributed by atoms with Crippen molar-refractivity contribution in [3.05, 3.63) is 41.2 Å². The predicted molar refractivity (Wildman–Crippen MR) is 86.9 cm³/mol. The molecule has 1 heterocycles. The zero-order valence-electron chi connectivity index (χ0n) is 13.6. The highest BCUT2D eigenvalue weighted by Gasteiger charge is 2.14. The Morgan fingerprint density at radius 3 is 2.71 bits per heavy atom. The van der Waals surface area contributed by atoms with Crippen LogP contribution in [0.4, 0.5) is 5.69 Å². The molecule has 4 heteroatoms. The number of nitrogens with zero attached hydrogens (tertiary/aromatic N) is 2. The molecule has 4 nitrogen and oxygen atoms in total. The number of hydrogen-bond donors (Lipinski definition) is 1. The van der Waals surface area contributed by atoms with Crippen LogP contribution < -0.4 is 10.1 Å². The average molecular weight is 287 g/mol. The zero-order chi connectivity index (χ0) is 15.4. The van der Waals surface area contributed by atoms with Gasteiger partial charge in [0.05, 0.1) is 24.0 Å². The van der Waals surface area contributed by atoms with Gasteiger partial charge >= 0.3 is 0 Å². The normalized spacial score (nSPS) is 12.2. The summed E-state index contributed by atoms with van der Waals surface area (Å²) in [7, 11) is 1.95. The summed E-state index contributed by atoms with van der Waals surface area (Å²) in [5.41, 5.74) is 4.50. The molecule has 1 aromatic heterocycles. The van der Waals surface area contributed by atoms with Gasteiger partial charge in [0.1, 0.15) is 5.75 Å². The summed E-state index contributed by atoms with van der Waals surface area (Å²) in [6.45, 7) is 9.12. The molecule has 0 aliphatic carbocycles. The molecule has 0 radical (unpaired) electrons. The van der Waals surface area contributed by atoms with Gasteiger partial charge in [-0.2, -0.15) is 5.10 Å². The Labute approximate surface area is 127 Å². The largest absolute Gasteiger partial charge is 0.491 e. The number of ether oxygens (including phenoxy) is 1. The smallest absolute Gasteiger partial charge is 0.142 e. The molecule has 0 aliphatic heterocycles. The molecule has 2 rings (SSSR count). The molecule has 1 aromatic carbocycles. The third kappa shape index (κ3) is 3.78. The van der Waals surface area contributed by atoms with E-state index >= 15 is 0 Å². The van der Waals surface area contributed by atoms with E-state index in [1.807, 2.05) is 18.7 Å². The van der Waals surface area contributed by atoms with E-state index in [0.717, 1.165) is 30.2 Å². The third-order valence-electron chi connectivity index (χ3n) is 3.49. The Hall–Kier alpha value is -1.97. The van der Waals surface area contributed by atoms with E-state index in [9.17, 15) is 0 Å². The number of benzene rings is 1. The molecule has 0 amide bonds. The van der Waals surface area contributed by atoms with Gasteiger partial charge in [0.15, 0.2) is 0 Å². The van der Waals surface area contributed by atoms with Crippen LogP contribution in [0.25, 0.3) is 0 Å². The summed E-state index contributed by atoms with van der Waals surface area (Å²) < 4.78 is 7.71. The van der Waals surface area contributed by atoms with Gasteiger partial charge in [-0.05, 0) is 44.9 Å². The van der Waals surface area contributed by atoms with Crippen LogP contribution in [-0.4, -0.2) is 16.4 Å². The van der Waals surface area contributed by atoms with E-state index in [1.54, 1.807) is 0 Å². The van der Waals surface area contributed by atoms with E-state index < -0.39 is 0 Å². The second kappa shape index (κ2) is 6.66. The first-order chi connectivity index (χ1) is 10.0. The number of rotatable bonds is 6. The van der Waals surface area contributed by atoms with Crippen molar-refractivity contribution < 1.29 is 4.74 Å². The lowest BCUT2D eigenvalue weighted by molar-refractivity contribution is 0.318. The Morgan fingerprint density at radius 1 is 1.33 bits per heavy atom. The SMILES string of the molecule is CCCOc1cc(C)ccc1NC(C)c1cn(C)nc1C. The maximum atomic E-state index is 5.86. The lowest BCUT2D eigenvalue weighted by Crippen LogP contribution is -2.09. The van der Waals surface area contributed by atoms with Crippen molar-refractivity contribution in [2.24, 2.45) is 7.05 Å². The number of aromatic nitrogens is 2. The van der Waals surface area contributed by atoms with E-state index in [2.05, 4.69) is 55.6 Å². The molecule has 114 valence electrons. The molecule has 21 heavy (non-hydrogen) atoms. The molecule has 0 bridgehead atoms. The number of nitrogens with one attached hydrogen (secondary N) is 1. The lowest BCUT2D eigenvalue weighted by Gasteiger charge is -2.18. The predicted octanol–water partition coefficient (Wildman–Crippen LogP) is 4.00. The van der Waals surface area contributed by atoms with Crippen molar-refractivity contribution in [1.29, 1.82) is 0 Å². The fourth-order valence-electron chi connectivity index (χ4n) is 2.43. The maximum absolute atomic E-state index is 5.86. The fourth-order valence-corrected chi connectivity index (χ4v) is 2.43. The van der Waals surface area contributed by atoms with Gasteiger partial charge in [-0.25, -0.2) is 0 Å². The van der Waals surface area contributed by atoms with E-state index in [4.69, 9.17) is 4.74 Å². The lowest BCUT2D eigenvalue weighted by atomic mass is 10.1. The topological polar surface area (TPSA) is 39.1 Å². The first kappa shape index (κ1) is 15.4. The van der Waals surface area contributed by atoms with Crippen LogP contribution in [0.15, 0.2) is 24.4 Å². The molecule has 0 saturated carbocycles. The molecular formula is C17H25N3O. The summed E-state index contributed by atoms with van der Waals surface area (Å²) in [6, 6.07) is 6.46. The minimum Gasteiger partial charge on any atom is -0.491 e. The second-order valence-electron chi connectivity index (χ2n) is 5.56. The number of anilines is 1. The first-order valence-electron chi connectivity index (χ1n) is 7.51. The highest BCUT2D eigenvalue weighted by molar-refractivity contribution is 5.58. The molecule has 0 saturated heterocycles. The van der Waals surface area contributed by atoms with Gasteiger partial charge in [0.25, 0.3) is 0 Å². The average Bonchev–Trinajstić information content (AvgIpc) is 2.78. The van der Waals surface area contributed by atoms with Crippen molar-refractivity contribution >= 4 is 5.69 Å².